The Labute approximate surface area is 115 Å². The molecule has 2 heterocycles. The van der Waals surface area contributed by atoms with Gasteiger partial charge >= 0.3 is 0 Å². The lowest BCUT2D eigenvalue weighted by atomic mass is 9.95. The smallest absolute Gasteiger partial charge is 0.240 e. The number of nitrogens with one attached hydrogen (secondary N) is 1. The van der Waals surface area contributed by atoms with Crippen molar-refractivity contribution in [3.8, 4) is 0 Å². The van der Waals surface area contributed by atoms with E-state index in [-0.39, 0.29) is 6.04 Å². The monoisotopic (exact) mass is 258 g/mol. The van der Waals surface area contributed by atoms with Gasteiger partial charge in [-0.15, -0.1) is 0 Å². The summed E-state index contributed by atoms with van der Waals surface area (Å²) in [4.78, 5) is 14.7. The average Bonchev–Trinajstić information content (AvgIpc) is 2.94. The van der Waals surface area contributed by atoms with Crippen LogP contribution in [0.4, 0.5) is 0 Å². The molecule has 1 amide bonds. The fraction of sp³-hybridized carbons (Fsp3) is 0.562. The van der Waals surface area contributed by atoms with Crippen molar-refractivity contribution in [1.29, 1.82) is 0 Å². The molecule has 0 aliphatic carbocycles. The molecular weight excluding hydrogens is 236 g/mol. The van der Waals surface area contributed by atoms with E-state index < -0.39 is 0 Å². The molecule has 2 aliphatic rings. The Morgan fingerprint density at radius 2 is 2.16 bits per heavy atom. The predicted molar refractivity (Wildman–Crippen MR) is 75.8 cm³/mol. The number of amides is 1. The molecule has 0 radical (unpaired) electrons. The van der Waals surface area contributed by atoms with Crippen molar-refractivity contribution in [2.45, 2.75) is 51.2 Å². The summed E-state index contributed by atoms with van der Waals surface area (Å²) in [6.07, 6.45) is 4.25. The molecule has 3 rings (SSSR count). The molecule has 19 heavy (non-hydrogen) atoms. The quantitative estimate of drug-likeness (QED) is 0.881. The van der Waals surface area contributed by atoms with Crippen LogP contribution in [0.15, 0.2) is 24.3 Å². The molecule has 0 spiro atoms. The van der Waals surface area contributed by atoms with Gasteiger partial charge in [0.2, 0.25) is 5.91 Å². The first-order valence-corrected chi connectivity index (χ1v) is 7.40. The van der Waals surface area contributed by atoms with Crippen LogP contribution in [0.3, 0.4) is 0 Å². The molecule has 3 nitrogen and oxygen atoms in total. The lowest BCUT2D eigenvalue weighted by molar-refractivity contribution is -0.134. The van der Waals surface area contributed by atoms with E-state index in [0.717, 1.165) is 32.4 Å². The summed E-state index contributed by atoms with van der Waals surface area (Å²) >= 11 is 0. The zero-order valence-corrected chi connectivity index (χ0v) is 11.6. The van der Waals surface area contributed by atoms with Crippen LogP contribution in [0.1, 0.15) is 37.3 Å². The van der Waals surface area contributed by atoms with Crippen LogP contribution in [-0.4, -0.2) is 29.4 Å². The number of hydrogen-bond acceptors (Lipinski definition) is 2. The highest BCUT2D eigenvalue weighted by molar-refractivity contribution is 5.83. The minimum atomic E-state index is -0.0259. The second-order valence-electron chi connectivity index (χ2n) is 5.64. The van der Waals surface area contributed by atoms with Crippen molar-refractivity contribution in [3.05, 3.63) is 35.4 Å². The number of rotatable bonds is 2. The van der Waals surface area contributed by atoms with Gasteiger partial charge in [-0.25, -0.2) is 0 Å². The predicted octanol–water partition coefficient (Wildman–Crippen LogP) is 2.10. The van der Waals surface area contributed by atoms with E-state index in [4.69, 9.17) is 0 Å². The summed E-state index contributed by atoms with van der Waals surface area (Å²) in [6, 6.07) is 8.87. The minimum absolute atomic E-state index is 0.0259. The number of likely N-dealkylation sites (tertiary alicyclic amines) is 1. The summed E-state index contributed by atoms with van der Waals surface area (Å²) in [7, 11) is 0. The SMILES string of the molecule is CCC1CCCN1C(=O)[C@H]1Cc2ccccc2CN1. The second-order valence-corrected chi connectivity index (χ2v) is 5.64. The molecule has 0 bridgehead atoms. The van der Waals surface area contributed by atoms with Crippen LogP contribution in [0.2, 0.25) is 0 Å². The molecule has 1 unspecified atom stereocenters. The fourth-order valence-electron chi connectivity index (χ4n) is 3.38. The van der Waals surface area contributed by atoms with Crippen molar-refractivity contribution in [3.63, 3.8) is 0 Å². The second kappa shape index (κ2) is 5.33. The van der Waals surface area contributed by atoms with E-state index in [1.165, 1.54) is 17.5 Å². The Morgan fingerprint density at radius 3 is 2.95 bits per heavy atom. The fourth-order valence-corrected chi connectivity index (χ4v) is 3.38. The van der Waals surface area contributed by atoms with E-state index in [9.17, 15) is 4.79 Å². The van der Waals surface area contributed by atoms with Gasteiger partial charge in [0.05, 0.1) is 6.04 Å². The third kappa shape index (κ3) is 2.39. The lowest BCUT2D eigenvalue weighted by Gasteiger charge is -2.31. The molecule has 0 saturated carbocycles. The summed E-state index contributed by atoms with van der Waals surface area (Å²) in [5.41, 5.74) is 2.66. The van der Waals surface area contributed by atoms with Gasteiger partial charge in [0.1, 0.15) is 0 Å². The summed E-state index contributed by atoms with van der Waals surface area (Å²) in [6.45, 7) is 3.94. The van der Waals surface area contributed by atoms with Crippen molar-refractivity contribution in [2.75, 3.05) is 6.54 Å². The number of nitrogens with zero attached hydrogens (tertiary/aromatic N) is 1. The molecule has 102 valence electrons. The minimum Gasteiger partial charge on any atom is -0.338 e. The van der Waals surface area contributed by atoms with Gasteiger partial charge in [0.15, 0.2) is 0 Å². The third-order valence-corrected chi connectivity index (χ3v) is 4.51. The van der Waals surface area contributed by atoms with Crippen LogP contribution in [-0.2, 0) is 17.8 Å². The van der Waals surface area contributed by atoms with Gasteiger partial charge in [-0.3, -0.25) is 4.79 Å². The molecule has 1 fully saturated rings. The van der Waals surface area contributed by atoms with E-state index in [1.807, 2.05) is 0 Å². The average molecular weight is 258 g/mol. The molecule has 0 aromatic heterocycles. The highest BCUT2D eigenvalue weighted by Gasteiger charge is 2.33. The lowest BCUT2D eigenvalue weighted by Crippen LogP contribution is -2.50. The van der Waals surface area contributed by atoms with Crippen molar-refractivity contribution >= 4 is 5.91 Å². The molecule has 3 heteroatoms. The Morgan fingerprint density at radius 1 is 1.37 bits per heavy atom. The van der Waals surface area contributed by atoms with E-state index in [2.05, 4.69) is 41.4 Å². The van der Waals surface area contributed by atoms with Gasteiger partial charge in [-0.05, 0) is 36.8 Å². The number of carbonyl (C=O) groups is 1. The van der Waals surface area contributed by atoms with E-state index in [1.54, 1.807) is 0 Å². The normalized spacial score (nSPS) is 26.3. The van der Waals surface area contributed by atoms with Crippen molar-refractivity contribution in [2.24, 2.45) is 0 Å². The van der Waals surface area contributed by atoms with E-state index in [0.29, 0.717) is 11.9 Å². The third-order valence-electron chi connectivity index (χ3n) is 4.51. The highest BCUT2D eigenvalue weighted by atomic mass is 16.2. The number of fused-ring (bicyclic) bond motifs is 1. The molecular formula is C16H22N2O. The first kappa shape index (κ1) is 12.7. The number of hydrogen-bond donors (Lipinski definition) is 1. The Balaban J connectivity index is 1.72. The molecule has 2 aliphatic heterocycles. The Bertz CT molecular complexity index is 472. The van der Waals surface area contributed by atoms with Crippen LogP contribution < -0.4 is 5.32 Å². The highest BCUT2D eigenvalue weighted by Crippen LogP contribution is 2.23. The topological polar surface area (TPSA) is 32.3 Å². The Hall–Kier alpha value is -1.35. The zero-order valence-electron chi connectivity index (χ0n) is 11.6. The Kier molecular flexibility index (Phi) is 3.56. The maximum absolute atomic E-state index is 12.6. The zero-order chi connectivity index (χ0) is 13.2. The van der Waals surface area contributed by atoms with Gasteiger partial charge in [0, 0.05) is 19.1 Å². The van der Waals surface area contributed by atoms with Gasteiger partial charge in [0.25, 0.3) is 0 Å². The maximum Gasteiger partial charge on any atom is 0.240 e. The van der Waals surface area contributed by atoms with Crippen LogP contribution in [0, 0.1) is 0 Å². The summed E-state index contributed by atoms with van der Waals surface area (Å²) in [5, 5.41) is 3.41. The van der Waals surface area contributed by atoms with Gasteiger partial charge in [-0.2, -0.15) is 0 Å². The standard InChI is InChI=1S/C16H22N2O/c1-2-14-8-5-9-18(14)16(19)15-10-12-6-3-4-7-13(12)11-17-15/h3-4,6-7,14-15,17H,2,5,8-11H2,1H3/t14?,15-/m1/s1. The first-order chi connectivity index (χ1) is 9.29. The molecule has 2 atom stereocenters. The van der Waals surface area contributed by atoms with E-state index >= 15 is 0 Å². The van der Waals surface area contributed by atoms with Crippen molar-refractivity contribution in [1.82, 2.24) is 10.2 Å². The maximum atomic E-state index is 12.6. The molecule has 1 aromatic rings. The largest absolute Gasteiger partial charge is 0.338 e. The first-order valence-electron chi connectivity index (χ1n) is 7.40. The van der Waals surface area contributed by atoms with Crippen LogP contribution in [0.5, 0.6) is 0 Å². The molecule has 1 N–H and O–H groups in total. The van der Waals surface area contributed by atoms with Gasteiger partial charge in [-0.1, -0.05) is 31.2 Å². The van der Waals surface area contributed by atoms with Crippen LogP contribution in [0.25, 0.3) is 0 Å². The molecule has 1 aromatic carbocycles. The van der Waals surface area contributed by atoms with Crippen molar-refractivity contribution < 1.29 is 4.79 Å². The number of carbonyl (C=O) groups excluding carboxylic acids is 1. The number of benzene rings is 1. The van der Waals surface area contributed by atoms with Gasteiger partial charge < -0.3 is 10.2 Å². The summed E-state index contributed by atoms with van der Waals surface area (Å²) < 4.78 is 0. The molecule has 1 saturated heterocycles. The van der Waals surface area contributed by atoms with Crippen LogP contribution >= 0.6 is 0 Å². The summed E-state index contributed by atoms with van der Waals surface area (Å²) in [5.74, 6) is 0.304.